The van der Waals surface area contributed by atoms with Crippen LogP contribution in [-0.4, -0.2) is 38.7 Å². The molecule has 152 valence electrons. The Labute approximate surface area is 174 Å². The second-order valence-corrected chi connectivity index (χ2v) is 8.24. The van der Waals surface area contributed by atoms with Crippen LogP contribution in [-0.2, 0) is 33.0 Å². The molecular formula is C21H25FN6S. The molecule has 29 heavy (non-hydrogen) atoms. The Morgan fingerprint density at radius 1 is 1.28 bits per heavy atom. The van der Waals surface area contributed by atoms with E-state index in [1.54, 1.807) is 23.5 Å². The lowest BCUT2D eigenvalue weighted by Gasteiger charge is -2.32. The van der Waals surface area contributed by atoms with Crippen molar-refractivity contribution in [2.75, 3.05) is 13.1 Å². The molecule has 1 aliphatic heterocycles. The predicted molar refractivity (Wildman–Crippen MR) is 113 cm³/mol. The van der Waals surface area contributed by atoms with Crippen LogP contribution in [0.3, 0.4) is 0 Å². The van der Waals surface area contributed by atoms with Gasteiger partial charge in [-0.05, 0) is 54.5 Å². The molecule has 0 spiro atoms. The zero-order chi connectivity index (χ0) is 20.2. The third-order valence-electron chi connectivity index (χ3n) is 5.27. The van der Waals surface area contributed by atoms with Crippen molar-refractivity contribution in [3.63, 3.8) is 0 Å². The number of benzene rings is 1. The largest absolute Gasteiger partial charge is 0.356 e. The number of hydrogen-bond donors (Lipinski definition) is 1. The Bertz CT molecular complexity index is 995. The van der Waals surface area contributed by atoms with Gasteiger partial charge in [0.2, 0.25) is 0 Å². The van der Waals surface area contributed by atoms with Crippen molar-refractivity contribution in [2.24, 2.45) is 12.0 Å². The van der Waals surface area contributed by atoms with Crippen molar-refractivity contribution < 1.29 is 4.39 Å². The van der Waals surface area contributed by atoms with Crippen molar-refractivity contribution in [3.8, 4) is 0 Å². The minimum absolute atomic E-state index is 0.190. The van der Waals surface area contributed by atoms with Crippen molar-refractivity contribution in [3.05, 3.63) is 69.2 Å². The van der Waals surface area contributed by atoms with Crippen LogP contribution >= 0.6 is 11.3 Å². The highest BCUT2D eigenvalue weighted by Crippen LogP contribution is 2.20. The average molecular weight is 413 g/mol. The molecule has 4 rings (SSSR count). The molecule has 0 saturated carbocycles. The number of aromatic nitrogens is 3. The summed E-state index contributed by atoms with van der Waals surface area (Å²) < 4.78 is 15.7. The van der Waals surface area contributed by atoms with E-state index in [0.717, 1.165) is 49.1 Å². The van der Waals surface area contributed by atoms with E-state index in [9.17, 15) is 4.39 Å². The third kappa shape index (κ3) is 4.64. The van der Waals surface area contributed by atoms with Gasteiger partial charge in [-0.15, -0.1) is 21.5 Å². The van der Waals surface area contributed by atoms with Crippen LogP contribution in [0.2, 0.25) is 0 Å². The first kappa shape index (κ1) is 19.6. The molecule has 0 atom stereocenters. The van der Waals surface area contributed by atoms with Gasteiger partial charge in [0.15, 0.2) is 11.8 Å². The molecule has 1 aromatic carbocycles. The molecule has 1 aliphatic rings. The number of aryl methyl sites for hydroxylation is 1. The quantitative estimate of drug-likeness (QED) is 0.517. The number of halogens is 1. The number of guanidine groups is 1. The van der Waals surface area contributed by atoms with Crippen LogP contribution in [0, 0.1) is 12.7 Å². The van der Waals surface area contributed by atoms with Crippen molar-refractivity contribution in [1.82, 2.24) is 25.0 Å². The number of aliphatic imine (C=N–C) groups is 1. The summed E-state index contributed by atoms with van der Waals surface area (Å²) in [4.78, 5) is 8.36. The average Bonchev–Trinajstić information content (AvgIpc) is 3.35. The SMILES string of the molecule is Cc1nnc(CN=C(NCCc2cccs2)N2CCc3ccc(F)cc3C2)n1C. The zero-order valence-electron chi connectivity index (χ0n) is 16.7. The predicted octanol–water partition coefficient (Wildman–Crippen LogP) is 3.07. The Hall–Kier alpha value is -2.74. The van der Waals surface area contributed by atoms with Gasteiger partial charge in [-0.2, -0.15) is 0 Å². The van der Waals surface area contributed by atoms with Crippen LogP contribution in [0.15, 0.2) is 40.7 Å². The number of rotatable bonds is 5. The maximum absolute atomic E-state index is 13.7. The lowest BCUT2D eigenvalue weighted by Crippen LogP contribution is -2.44. The number of thiophene rings is 1. The molecule has 0 bridgehead atoms. The van der Waals surface area contributed by atoms with Gasteiger partial charge in [0.1, 0.15) is 18.2 Å². The van der Waals surface area contributed by atoms with Gasteiger partial charge in [0, 0.05) is 31.6 Å². The van der Waals surface area contributed by atoms with Crippen LogP contribution in [0.5, 0.6) is 0 Å². The maximum Gasteiger partial charge on any atom is 0.194 e. The molecule has 0 fully saturated rings. The van der Waals surface area contributed by atoms with Gasteiger partial charge in [-0.25, -0.2) is 9.38 Å². The minimum Gasteiger partial charge on any atom is -0.356 e. The van der Waals surface area contributed by atoms with Crippen LogP contribution in [0.25, 0.3) is 0 Å². The van der Waals surface area contributed by atoms with Crippen molar-refractivity contribution >= 4 is 17.3 Å². The Balaban J connectivity index is 1.50. The fourth-order valence-corrected chi connectivity index (χ4v) is 4.17. The zero-order valence-corrected chi connectivity index (χ0v) is 17.5. The summed E-state index contributed by atoms with van der Waals surface area (Å²) in [5.74, 6) is 2.33. The Morgan fingerprint density at radius 2 is 2.17 bits per heavy atom. The molecule has 0 unspecified atom stereocenters. The van der Waals surface area contributed by atoms with Gasteiger partial charge >= 0.3 is 0 Å². The number of hydrogen-bond acceptors (Lipinski definition) is 4. The van der Waals surface area contributed by atoms with Crippen molar-refractivity contribution in [2.45, 2.75) is 32.9 Å². The van der Waals surface area contributed by atoms with Gasteiger partial charge in [0.25, 0.3) is 0 Å². The molecule has 2 aromatic heterocycles. The summed E-state index contributed by atoms with van der Waals surface area (Å²) in [6.07, 6.45) is 1.82. The van der Waals surface area contributed by atoms with E-state index in [0.29, 0.717) is 13.1 Å². The summed E-state index contributed by atoms with van der Waals surface area (Å²) in [6, 6.07) is 9.29. The number of fused-ring (bicyclic) bond motifs is 1. The third-order valence-corrected chi connectivity index (χ3v) is 6.20. The molecule has 3 heterocycles. The van der Waals surface area contributed by atoms with Gasteiger partial charge in [-0.1, -0.05) is 12.1 Å². The second kappa shape index (κ2) is 8.73. The fraction of sp³-hybridized carbons (Fsp3) is 0.381. The highest BCUT2D eigenvalue weighted by molar-refractivity contribution is 7.09. The Morgan fingerprint density at radius 3 is 2.93 bits per heavy atom. The molecule has 8 heteroatoms. The van der Waals surface area contributed by atoms with E-state index < -0.39 is 0 Å². The van der Waals surface area contributed by atoms with Crippen LogP contribution < -0.4 is 5.32 Å². The minimum atomic E-state index is -0.190. The lowest BCUT2D eigenvalue weighted by molar-refractivity contribution is 0.376. The standard InChI is InChI=1S/C21H25FN6S/c1-15-25-26-20(27(15)2)13-24-21(23-9-7-19-4-3-11-29-19)28-10-8-16-5-6-18(22)12-17(16)14-28/h3-6,11-12H,7-10,13-14H2,1-2H3,(H,23,24). The molecule has 3 aromatic rings. The molecule has 0 saturated heterocycles. The lowest BCUT2D eigenvalue weighted by atomic mass is 10.00. The monoisotopic (exact) mass is 412 g/mol. The van der Waals surface area contributed by atoms with Gasteiger partial charge in [0.05, 0.1) is 0 Å². The highest BCUT2D eigenvalue weighted by atomic mass is 32.1. The summed E-state index contributed by atoms with van der Waals surface area (Å²) >= 11 is 1.76. The molecule has 6 nitrogen and oxygen atoms in total. The van der Waals surface area contributed by atoms with Gasteiger partial charge < -0.3 is 14.8 Å². The van der Waals surface area contributed by atoms with E-state index >= 15 is 0 Å². The summed E-state index contributed by atoms with van der Waals surface area (Å²) in [5.41, 5.74) is 2.24. The molecule has 0 amide bonds. The normalized spacial score (nSPS) is 14.2. The highest BCUT2D eigenvalue weighted by Gasteiger charge is 2.20. The van der Waals surface area contributed by atoms with E-state index in [1.165, 1.54) is 10.4 Å². The van der Waals surface area contributed by atoms with Crippen LogP contribution in [0.4, 0.5) is 4.39 Å². The first-order valence-corrected chi connectivity index (χ1v) is 10.7. The molecule has 0 radical (unpaired) electrons. The summed E-state index contributed by atoms with van der Waals surface area (Å²) in [5, 5.41) is 13.9. The molecule has 0 aliphatic carbocycles. The number of nitrogens with one attached hydrogen (secondary N) is 1. The summed E-state index contributed by atoms with van der Waals surface area (Å²) in [7, 11) is 1.95. The molecule has 1 N–H and O–H groups in total. The smallest absolute Gasteiger partial charge is 0.194 e. The Kier molecular flexibility index (Phi) is 5.89. The maximum atomic E-state index is 13.7. The fourth-order valence-electron chi connectivity index (χ4n) is 3.46. The van der Waals surface area contributed by atoms with E-state index in [-0.39, 0.29) is 5.82 Å². The number of nitrogens with zero attached hydrogens (tertiary/aromatic N) is 5. The second-order valence-electron chi connectivity index (χ2n) is 7.20. The van der Waals surface area contributed by atoms with Gasteiger partial charge in [-0.3, -0.25) is 0 Å². The van der Waals surface area contributed by atoms with Crippen molar-refractivity contribution in [1.29, 1.82) is 0 Å². The summed E-state index contributed by atoms with van der Waals surface area (Å²) in [6.45, 7) is 4.67. The first-order chi connectivity index (χ1) is 14.1. The molecular weight excluding hydrogens is 387 g/mol. The topological polar surface area (TPSA) is 58.3 Å². The van der Waals surface area contributed by atoms with Crippen LogP contribution in [0.1, 0.15) is 27.7 Å². The van der Waals surface area contributed by atoms with E-state index in [2.05, 4.69) is 37.9 Å². The van der Waals surface area contributed by atoms with E-state index in [1.807, 2.05) is 24.6 Å². The van der Waals surface area contributed by atoms with E-state index in [4.69, 9.17) is 4.99 Å². The first-order valence-electron chi connectivity index (χ1n) is 9.78.